The Bertz CT molecular complexity index is 953. The van der Waals surface area contributed by atoms with Crippen molar-refractivity contribution in [1.82, 2.24) is 20.0 Å². The second-order valence-corrected chi connectivity index (χ2v) is 8.61. The Balaban J connectivity index is 1.31. The number of nitrogens with one attached hydrogen (secondary N) is 1. The monoisotopic (exact) mass is 467 g/mol. The van der Waals surface area contributed by atoms with Gasteiger partial charge in [-0.25, -0.2) is 4.39 Å². The summed E-state index contributed by atoms with van der Waals surface area (Å²) in [4.78, 5) is 6.47. The minimum atomic E-state index is -4.48. The number of aromatic nitrogens is 2. The first-order chi connectivity index (χ1) is 15.8. The van der Waals surface area contributed by atoms with Gasteiger partial charge in [0.15, 0.2) is 6.61 Å². The summed E-state index contributed by atoms with van der Waals surface area (Å²) in [6.07, 6.45) is -1.06. The van der Waals surface area contributed by atoms with Gasteiger partial charge in [-0.05, 0) is 37.5 Å². The Kier molecular flexibility index (Phi) is 7.11. The van der Waals surface area contributed by atoms with Crippen molar-refractivity contribution in [2.45, 2.75) is 38.5 Å². The van der Waals surface area contributed by atoms with Crippen LogP contribution in [0.1, 0.15) is 30.7 Å². The predicted molar refractivity (Wildman–Crippen MR) is 117 cm³/mol. The normalized spacial score (nSPS) is 18.1. The zero-order chi connectivity index (χ0) is 23.4. The fourth-order valence-electron chi connectivity index (χ4n) is 4.32. The molecule has 10 heteroatoms. The Morgan fingerprint density at radius 1 is 1.03 bits per heavy atom. The van der Waals surface area contributed by atoms with Crippen LogP contribution in [-0.4, -0.2) is 65.5 Å². The minimum Gasteiger partial charge on any atom is -0.482 e. The number of ether oxygens (including phenoxy) is 1. The van der Waals surface area contributed by atoms with Crippen LogP contribution in [0, 0.1) is 5.82 Å². The van der Waals surface area contributed by atoms with Crippen molar-refractivity contribution in [1.29, 1.82) is 0 Å². The van der Waals surface area contributed by atoms with Crippen LogP contribution < -0.4 is 9.64 Å². The number of nitrogens with zero attached hydrogens (tertiary/aromatic N) is 4. The maximum absolute atomic E-state index is 13.6. The number of alkyl halides is 3. The van der Waals surface area contributed by atoms with E-state index in [-0.39, 0.29) is 5.75 Å². The predicted octanol–water partition coefficient (Wildman–Crippen LogP) is 4.31. The molecule has 2 aliphatic rings. The van der Waals surface area contributed by atoms with E-state index in [1.807, 2.05) is 4.90 Å². The topological polar surface area (TPSA) is 47.6 Å². The smallest absolute Gasteiger partial charge is 0.422 e. The van der Waals surface area contributed by atoms with E-state index in [0.29, 0.717) is 38.4 Å². The van der Waals surface area contributed by atoms with Gasteiger partial charge in [-0.2, -0.15) is 18.3 Å². The highest BCUT2D eigenvalue weighted by atomic mass is 19.4. The van der Waals surface area contributed by atoms with Crippen molar-refractivity contribution in [3.63, 3.8) is 0 Å². The molecule has 1 aromatic heterocycles. The second kappa shape index (κ2) is 10.0. The number of benzene rings is 1. The summed E-state index contributed by atoms with van der Waals surface area (Å²) < 4.78 is 56.2. The van der Waals surface area contributed by atoms with Gasteiger partial charge in [0.1, 0.15) is 11.6 Å². The fraction of sp³-hybridized carbons (Fsp3) is 0.522. The molecule has 0 bridgehead atoms. The molecule has 1 aromatic carbocycles. The van der Waals surface area contributed by atoms with Gasteiger partial charge in [-0.1, -0.05) is 6.58 Å². The first-order valence-corrected chi connectivity index (χ1v) is 11.2. The van der Waals surface area contributed by atoms with E-state index in [1.54, 1.807) is 0 Å². The first kappa shape index (κ1) is 23.4. The average Bonchev–Trinajstić information content (AvgIpc) is 3.21. The van der Waals surface area contributed by atoms with Gasteiger partial charge >= 0.3 is 6.18 Å². The Morgan fingerprint density at radius 3 is 2.55 bits per heavy atom. The standard InChI is InChI=1S/C23H29F4N5O/c1-17-4-2-3-7-32(17)15-20-13-19(28-29-20)14-30-8-10-31(11-9-30)21-6-5-18(24)12-22(21)33-16-23(25,26)27/h5-6,12-13H,1-4,7-11,14-16H2,(H,28,29). The lowest BCUT2D eigenvalue weighted by Crippen LogP contribution is -2.46. The molecule has 0 aliphatic carbocycles. The molecule has 6 nitrogen and oxygen atoms in total. The van der Waals surface area contributed by atoms with E-state index in [1.165, 1.54) is 30.7 Å². The average molecular weight is 468 g/mol. The third kappa shape index (κ3) is 6.40. The molecule has 4 rings (SSSR count). The fourth-order valence-corrected chi connectivity index (χ4v) is 4.32. The number of hydrogen-bond acceptors (Lipinski definition) is 5. The molecule has 0 atom stereocenters. The molecule has 2 saturated heterocycles. The van der Waals surface area contributed by atoms with Crippen LogP contribution in [0.3, 0.4) is 0 Å². The number of rotatable bonds is 7. The quantitative estimate of drug-likeness (QED) is 0.615. The van der Waals surface area contributed by atoms with Crippen molar-refractivity contribution in [3.05, 3.63) is 53.7 Å². The largest absolute Gasteiger partial charge is 0.482 e. The van der Waals surface area contributed by atoms with Crippen LogP contribution in [0.2, 0.25) is 0 Å². The molecule has 180 valence electrons. The second-order valence-electron chi connectivity index (χ2n) is 8.61. The lowest BCUT2D eigenvalue weighted by atomic mass is 10.1. The van der Waals surface area contributed by atoms with E-state index in [9.17, 15) is 17.6 Å². The molecule has 2 aromatic rings. The number of piperidine rings is 1. The van der Waals surface area contributed by atoms with Gasteiger partial charge in [-0.15, -0.1) is 0 Å². The van der Waals surface area contributed by atoms with E-state index >= 15 is 0 Å². The number of anilines is 1. The molecule has 2 fully saturated rings. The molecule has 1 N–H and O–H groups in total. The number of allylic oxidation sites excluding steroid dienone is 1. The van der Waals surface area contributed by atoms with E-state index < -0.39 is 18.6 Å². The van der Waals surface area contributed by atoms with Crippen molar-refractivity contribution < 1.29 is 22.3 Å². The highest BCUT2D eigenvalue weighted by Crippen LogP contribution is 2.31. The molecule has 0 unspecified atom stereocenters. The molecule has 0 amide bonds. The number of halogens is 4. The van der Waals surface area contributed by atoms with Crippen LogP contribution in [0.5, 0.6) is 5.75 Å². The van der Waals surface area contributed by atoms with Crippen LogP contribution in [0.25, 0.3) is 0 Å². The van der Waals surface area contributed by atoms with Gasteiger partial charge in [0.25, 0.3) is 0 Å². The van der Waals surface area contributed by atoms with Gasteiger partial charge in [0, 0.05) is 51.0 Å². The zero-order valence-corrected chi connectivity index (χ0v) is 18.5. The number of aromatic amines is 1. The van der Waals surface area contributed by atoms with Crippen molar-refractivity contribution >= 4 is 5.69 Å². The molecule has 0 saturated carbocycles. The number of piperazine rings is 1. The summed E-state index contributed by atoms with van der Waals surface area (Å²) in [5, 5.41) is 7.57. The van der Waals surface area contributed by atoms with E-state index in [0.717, 1.165) is 37.0 Å². The molecule has 0 spiro atoms. The van der Waals surface area contributed by atoms with Crippen molar-refractivity contribution in [2.75, 3.05) is 44.2 Å². The summed E-state index contributed by atoms with van der Waals surface area (Å²) in [6, 6.07) is 5.81. The third-order valence-electron chi connectivity index (χ3n) is 6.05. The summed E-state index contributed by atoms with van der Waals surface area (Å²) >= 11 is 0. The SMILES string of the molecule is C=C1CCCCN1Cc1cc(CN2CCN(c3ccc(F)cc3OCC(F)(F)F)CC2)n[nH]1. The Morgan fingerprint density at radius 2 is 1.82 bits per heavy atom. The summed E-state index contributed by atoms with van der Waals surface area (Å²) in [7, 11) is 0. The molecular weight excluding hydrogens is 438 g/mol. The first-order valence-electron chi connectivity index (χ1n) is 11.2. The number of hydrogen-bond donors (Lipinski definition) is 1. The molecular formula is C23H29F4N5O. The van der Waals surface area contributed by atoms with Gasteiger partial charge in [0.05, 0.1) is 23.6 Å². The van der Waals surface area contributed by atoms with Crippen LogP contribution in [0.4, 0.5) is 23.2 Å². The number of likely N-dealkylation sites (tertiary alicyclic amines) is 1. The Hall–Kier alpha value is -2.75. The maximum Gasteiger partial charge on any atom is 0.422 e. The van der Waals surface area contributed by atoms with Crippen LogP contribution in [0.15, 0.2) is 36.5 Å². The van der Waals surface area contributed by atoms with E-state index in [4.69, 9.17) is 4.74 Å². The highest BCUT2D eigenvalue weighted by Gasteiger charge is 2.30. The summed E-state index contributed by atoms with van der Waals surface area (Å²) in [5.74, 6) is -0.714. The Labute approximate surface area is 190 Å². The van der Waals surface area contributed by atoms with E-state index in [2.05, 4.69) is 32.6 Å². The molecule has 0 radical (unpaired) electrons. The van der Waals surface area contributed by atoms with Gasteiger partial charge in [0.2, 0.25) is 0 Å². The number of H-pyrrole nitrogens is 1. The highest BCUT2D eigenvalue weighted by molar-refractivity contribution is 5.59. The third-order valence-corrected chi connectivity index (χ3v) is 6.05. The minimum absolute atomic E-state index is 0.0861. The van der Waals surface area contributed by atoms with Crippen LogP contribution >= 0.6 is 0 Å². The lowest BCUT2D eigenvalue weighted by Gasteiger charge is -2.36. The zero-order valence-electron chi connectivity index (χ0n) is 18.5. The molecule has 33 heavy (non-hydrogen) atoms. The van der Waals surface area contributed by atoms with Crippen molar-refractivity contribution in [2.24, 2.45) is 0 Å². The van der Waals surface area contributed by atoms with Crippen LogP contribution in [-0.2, 0) is 13.1 Å². The molecule has 3 heterocycles. The summed E-state index contributed by atoms with van der Waals surface area (Å²) in [5.41, 5.74) is 3.67. The van der Waals surface area contributed by atoms with Gasteiger partial charge < -0.3 is 14.5 Å². The maximum atomic E-state index is 13.6. The molecule has 2 aliphatic heterocycles. The van der Waals surface area contributed by atoms with Crippen molar-refractivity contribution in [3.8, 4) is 5.75 Å². The lowest BCUT2D eigenvalue weighted by molar-refractivity contribution is -0.153. The summed E-state index contributed by atoms with van der Waals surface area (Å²) in [6.45, 7) is 7.80. The van der Waals surface area contributed by atoms with Gasteiger partial charge in [-0.3, -0.25) is 10.00 Å².